The molecule has 1 saturated heterocycles. The fraction of sp³-hybridized carbons (Fsp3) is 0.500. The van der Waals surface area contributed by atoms with Crippen LogP contribution in [0.4, 0.5) is 0 Å². The van der Waals surface area contributed by atoms with Crippen molar-refractivity contribution < 1.29 is 14.7 Å². The molecule has 2 atom stereocenters. The van der Waals surface area contributed by atoms with Gasteiger partial charge >= 0.3 is 5.97 Å². The molecule has 1 N–H and O–H groups in total. The summed E-state index contributed by atoms with van der Waals surface area (Å²) in [5.74, 6) is -0.0374. The van der Waals surface area contributed by atoms with Crippen LogP contribution in [0.15, 0.2) is 24.5 Å². The monoisotopic (exact) mass is 292 g/mol. The van der Waals surface area contributed by atoms with Crippen molar-refractivity contribution in [1.82, 2.24) is 9.88 Å². The van der Waals surface area contributed by atoms with Crippen LogP contribution in [-0.4, -0.2) is 44.0 Å². The topological polar surface area (TPSA) is 70.5 Å². The zero-order valence-corrected chi connectivity index (χ0v) is 11.8. The van der Waals surface area contributed by atoms with Gasteiger partial charge in [0.1, 0.15) is 6.04 Å². The fourth-order valence-electron chi connectivity index (χ4n) is 2.55. The summed E-state index contributed by atoms with van der Waals surface area (Å²) in [4.78, 5) is 29.4. The summed E-state index contributed by atoms with van der Waals surface area (Å²) in [5.41, 5.74) is 0.827. The van der Waals surface area contributed by atoms with Gasteiger partial charge in [0.2, 0.25) is 5.91 Å². The number of carbonyl (C=O) groups is 2. The molecule has 106 valence electrons. The van der Waals surface area contributed by atoms with Crippen LogP contribution >= 0.6 is 11.8 Å². The van der Waals surface area contributed by atoms with Gasteiger partial charge in [-0.3, -0.25) is 9.78 Å². The van der Waals surface area contributed by atoms with Crippen molar-refractivity contribution in [2.24, 2.45) is 5.92 Å². The molecule has 1 aromatic heterocycles. The van der Waals surface area contributed by atoms with E-state index in [1.165, 1.54) is 0 Å². The van der Waals surface area contributed by atoms with Crippen LogP contribution < -0.4 is 0 Å². The van der Waals surface area contributed by atoms with Gasteiger partial charge in [0, 0.05) is 18.1 Å². The van der Waals surface area contributed by atoms with E-state index in [9.17, 15) is 14.7 Å². The third-order valence-electron chi connectivity index (χ3n) is 3.71. The first-order valence-electron chi connectivity index (χ1n) is 6.71. The molecule has 2 aliphatic rings. The standard InChI is InChI=1S/C14H16N2O3S/c17-12(6-9-2-1-5-15-7-9)16-11(14(18)19)8-20-13(16)10-3-4-10/h1-2,5,7,10-11,13H,3-4,6,8H2,(H,18,19). The second-order valence-corrected chi connectivity index (χ2v) is 6.40. The van der Waals surface area contributed by atoms with Crippen LogP contribution in [0, 0.1) is 5.92 Å². The van der Waals surface area contributed by atoms with Gasteiger partial charge in [0.05, 0.1) is 11.8 Å². The lowest BCUT2D eigenvalue weighted by Crippen LogP contribution is -2.47. The Hall–Kier alpha value is -1.56. The van der Waals surface area contributed by atoms with Crippen molar-refractivity contribution in [3.05, 3.63) is 30.1 Å². The highest BCUT2D eigenvalue weighted by molar-refractivity contribution is 8.00. The molecule has 2 unspecified atom stereocenters. The first kappa shape index (κ1) is 13.4. The van der Waals surface area contributed by atoms with Crippen LogP contribution in [0.25, 0.3) is 0 Å². The largest absolute Gasteiger partial charge is 0.480 e. The molecule has 0 bridgehead atoms. The highest BCUT2D eigenvalue weighted by atomic mass is 32.2. The number of carbonyl (C=O) groups excluding carboxylic acids is 1. The minimum absolute atomic E-state index is 0.0419. The first-order chi connectivity index (χ1) is 9.66. The number of hydrogen-bond acceptors (Lipinski definition) is 4. The smallest absolute Gasteiger partial charge is 0.327 e. The molecule has 1 amide bonds. The summed E-state index contributed by atoms with van der Waals surface area (Å²) in [6.45, 7) is 0. The Kier molecular flexibility index (Phi) is 3.65. The van der Waals surface area contributed by atoms with E-state index in [2.05, 4.69) is 4.98 Å². The van der Waals surface area contributed by atoms with Gasteiger partial charge in [-0.05, 0) is 30.4 Å². The van der Waals surface area contributed by atoms with Gasteiger partial charge in [-0.1, -0.05) is 6.07 Å². The summed E-state index contributed by atoms with van der Waals surface area (Å²) in [5, 5.41) is 9.34. The van der Waals surface area contributed by atoms with E-state index in [4.69, 9.17) is 0 Å². The van der Waals surface area contributed by atoms with E-state index in [1.54, 1.807) is 35.1 Å². The predicted octanol–water partition coefficient (Wildman–Crippen LogP) is 1.39. The third-order valence-corrected chi connectivity index (χ3v) is 5.17. The summed E-state index contributed by atoms with van der Waals surface area (Å²) in [7, 11) is 0. The molecule has 0 spiro atoms. The van der Waals surface area contributed by atoms with Gasteiger partial charge < -0.3 is 10.0 Å². The maximum Gasteiger partial charge on any atom is 0.327 e. The van der Waals surface area contributed by atoms with E-state index in [0.717, 1.165) is 18.4 Å². The van der Waals surface area contributed by atoms with E-state index in [0.29, 0.717) is 11.7 Å². The van der Waals surface area contributed by atoms with Gasteiger partial charge in [0.15, 0.2) is 0 Å². The Balaban J connectivity index is 1.76. The van der Waals surface area contributed by atoms with Crippen LogP contribution in [0.2, 0.25) is 0 Å². The average Bonchev–Trinajstić information content (AvgIpc) is 3.17. The van der Waals surface area contributed by atoms with Crippen molar-refractivity contribution in [1.29, 1.82) is 0 Å². The van der Waals surface area contributed by atoms with E-state index in [1.807, 2.05) is 6.07 Å². The average molecular weight is 292 g/mol. The fourth-order valence-corrected chi connectivity index (χ4v) is 4.20. The zero-order chi connectivity index (χ0) is 14.1. The molecule has 1 aliphatic carbocycles. The highest BCUT2D eigenvalue weighted by Gasteiger charge is 2.47. The number of carboxylic acids is 1. The minimum atomic E-state index is -0.903. The quantitative estimate of drug-likeness (QED) is 0.908. The lowest BCUT2D eigenvalue weighted by molar-refractivity contribution is -0.149. The van der Waals surface area contributed by atoms with E-state index >= 15 is 0 Å². The zero-order valence-electron chi connectivity index (χ0n) is 10.9. The molecule has 3 rings (SSSR count). The van der Waals surface area contributed by atoms with Crippen LogP contribution in [0.3, 0.4) is 0 Å². The third kappa shape index (κ3) is 2.65. The molecule has 0 aromatic carbocycles. The van der Waals surface area contributed by atoms with Crippen molar-refractivity contribution in [2.75, 3.05) is 5.75 Å². The summed E-state index contributed by atoms with van der Waals surface area (Å²) >= 11 is 1.61. The molecule has 20 heavy (non-hydrogen) atoms. The predicted molar refractivity (Wildman–Crippen MR) is 75.2 cm³/mol. The van der Waals surface area contributed by atoms with Gasteiger partial charge in [-0.2, -0.15) is 0 Å². The lowest BCUT2D eigenvalue weighted by Gasteiger charge is -2.27. The normalized spacial score (nSPS) is 25.7. The molecular weight excluding hydrogens is 276 g/mol. The number of hydrogen-bond donors (Lipinski definition) is 1. The lowest BCUT2D eigenvalue weighted by atomic mass is 10.1. The van der Waals surface area contributed by atoms with Crippen molar-refractivity contribution in [3.8, 4) is 0 Å². The van der Waals surface area contributed by atoms with Crippen molar-refractivity contribution >= 4 is 23.6 Å². The molecule has 2 heterocycles. The number of amides is 1. The Labute approximate surface area is 121 Å². The molecule has 6 heteroatoms. The Morgan fingerprint density at radius 2 is 2.25 bits per heavy atom. The maximum atomic E-state index is 12.5. The van der Waals surface area contributed by atoms with Crippen LogP contribution in [0.1, 0.15) is 18.4 Å². The number of aliphatic carboxylic acids is 1. The number of pyridine rings is 1. The molecule has 1 aliphatic heterocycles. The number of rotatable bonds is 4. The first-order valence-corrected chi connectivity index (χ1v) is 7.76. The molecule has 2 fully saturated rings. The van der Waals surface area contributed by atoms with Gasteiger partial charge in [-0.25, -0.2) is 4.79 Å². The Morgan fingerprint density at radius 3 is 2.85 bits per heavy atom. The van der Waals surface area contributed by atoms with Crippen molar-refractivity contribution in [2.45, 2.75) is 30.7 Å². The van der Waals surface area contributed by atoms with Crippen LogP contribution in [0.5, 0.6) is 0 Å². The summed E-state index contributed by atoms with van der Waals surface area (Å²) in [6, 6.07) is 2.94. The van der Waals surface area contributed by atoms with E-state index < -0.39 is 12.0 Å². The SMILES string of the molecule is O=C(O)C1CSC(C2CC2)N1C(=O)Cc1cccnc1. The van der Waals surface area contributed by atoms with Crippen molar-refractivity contribution in [3.63, 3.8) is 0 Å². The number of aromatic nitrogens is 1. The molecule has 1 saturated carbocycles. The molecule has 1 aromatic rings. The number of thioether (sulfide) groups is 1. The van der Waals surface area contributed by atoms with E-state index in [-0.39, 0.29) is 17.7 Å². The minimum Gasteiger partial charge on any atom is -0.480 e. The Morgan fingerprint density at radius 1 is 1.45 bits per heavy atom. The van der Waals surface area contributed by atoms with Gasteiger partial charge in [0.25, 0.3) is 0 Å². The van der Waals surface area contributed by atoms with Gasteiger partial charge in [-0.15, -0.1) is 11.8 Å². The summed E-state index contributed by atoms with van der Waals surface area (Å²) < 4.78 is 0. The number of nitrogens with zero attached hydrogens (tertiary/aromatic N) is 2. The molecular formula is C14H16N2O3S. The number of carboxylic acid groups (broad SMARTS) is 1. The highest BCUT2D eigenvalue weighted by Crippen LogP contribution is 2.45. The molecule has 0 radical (unpaired) electrons. The molecule has 5 nitrogen and oxygen atoms in total. The Bertz CT molecular complexity index is 518. The second-order valence-electron chi connectivity index (χ2n) is 5.25. The van der Waals surface area contributed by atoms with Crippen LogP contribution in [-0.2, 0) is 16.0 Å². The maximum absolute atomic E-state index is 12.5. The second kappa shape index (κ2) is 5.44. The summed E-state index contributed by atoms with van der Waals surface area (Å²) in [6.07, 6.45) is 5.73.